The number of nitrogens with zero attached hydrogens (tertiary/aromatic N) is 3. The molecule has 2 rings (SSSR count). The van der Waals surface area contributed by atoms with Gasteiger partial charge in [-0.2, -0.15) is 5.26 Å². The molecule has 0 amide bonds. The number of benzene rings is 1. The molecular formula is C17H25N3O2S. The van der Waals surface area contributed by atoms with Gasteiger partial charge in [0.25, 0.3) is 0 Å². The Morgan fingerprint density at radius 3 is 2.91 bits per heavy atom. The number of sulfonamides is 1. The van der Waals surface area contributed by atoms with E-state index in [1.54, 1.807) is 28.6 Å². The zero-order valence-electron chi connectivity index (χ0n) is 13.9. The van der Waals surface area contributed by atoms with Crippen molar-refractivity contribution in [2.24, 2.45) is 5.92 Å². The summed E-state index contributed by atoms with van der Waals surface area (Å²) in [6.45, 7) is 5.35. The fourth-order valence-electron chi connectivity index (χ4n) is 3.15. The highest BCUT2D eigenvalue weighted by Gasteiger charge is 2.31. The zero-order valence-corrected chi connectivity index (χ0v) is 14.7. The smallest absolute Gasteiger partial charge is 0.218 e. The van der Waals surface area contributed by atoms with Crippen LogP contribution in [0.25, 0.3) is 0 Å². The van der Waals surface area contributed by atoms with Crippen LogP contribution in [0.5, 0.6) is 0 Å². The maximum absolute atomic E-state index is 12.6. The minimum absolute atomic E-state index is 0.0277. The molecule has 0 unspecified atom stereocenters. The average molecular weight is 335 g/mol. The van der Waals surface area contributed by atoms with Gasteiger partial charge in [-0.05, 0) is 50.0 Å². The molecule has 0 N–H and O–H groups in total. The fourth-order valence-corrected chi connectivity index (χ4v) is 4.75. The normalized spacial score (nSPS) is 19.1. The Labute approximate surface area is 139 Å². The van der Waals surface area contributed by atoms with E-state index in [1.807, 2.05) is 6.07 Å². The third-order valence-corrected chi connectivity index (χ3v) is 6.04. The minimum atomic E-state index is -3.31. The lowest BCUT2D eigenvalue weighted by Gasteiger charge is -2.21. The van der Waals surface area contributed by atoms with Crippen LogP contribution in [0, 0.1) is 17.2 Å². The topological polar surface area (TPSA) is 64.4 Å². The quantitative estimate of drug-likeness (QED) is 0.765. The predicted octanol–water partition coefficient (Wildman–Crippen LogP) is 2.05. The molecule has 5 nitrogen and oxygen atoms in total. The molecule has 0 aromatic heterocycles. The summed E-state index contributed by atoms with van der Waals surface area (Å²) in [5.41, 5.74) is 1.17. The van der Waals surface area contributed by atoms with E-state index in [1.165, 1.54) is 0 Å². The highest BCUT2D eigenvalue weighted by atomic mass is 32.2. The van der Waals surface area contributed by atoms with Crippen molar-refractivity contribution in [2.75, 3.05) is 33.2 Å². The van der Waals surface area contributed by atoms with Gasteiger partial charge in [-0.25, -0.2) is 12.7 Å². The lowest BCUT2D eigenvalue weighted by atomic mass is 10.1. The molecule has 1 atom stereocenters. The lowest BCUT2D eigenvalue weighted by Crippen LogP contribution is -2.32. The third kappa shape index (κ3) is 5.03. The maximum atomic E-state index is 12.6. The number of rotatable bonds is 7. The zero-order chi connectivity index (χ0) is 16.9. The third-order valence-electron chi connectivity index (χ3n) is 4.22. The van der Waals surface area contributed by atoms with Crippen molar-refractivity contribution in [1.82, 2.24) is 9.21 Å². The van der Waals surface area contributed by atoms with Crippen LogP contribution in [-0.4, -0.2) is 50.8 Å². The van der Waals surface area contributed by atoms with Crippen LogP contribution in [0.3, 0.4) is 0 Å². The highest BCUT2D eigenvalue weighted by molar-refractivity contribution is 7.88. The first-order chi connectivity index (χ1) is 10.9. The molecule has 1 saturated heterocycles. The Morgan fingerprint density at radius 1 is 1.43 bits per heavy atom. The van der Waals surface area contributed by atoms with Gasteiger partial charge in [-0.3, -0.25) is 0 Å². The molecule has 0 aliphatic carbocycles. The molecule has 1 aliphatic rings. The van der Waals surface area contributed by atoms with Gasteiger partial charge in [-0.1, -0.05) is 19.1 Å². The molecule has 1 aromatic rings. The van der Waals surface area contributed by atoms with Crippen LogP contribution < -0.4 is 0 Å². The largest absolute Gasteiger partial charge is 0.306 e. The minimum Gasteiger partial charge on any atom is -0.306 e. The highest BCUT2D eigenvalue weighted by Crippen LogP contribution is 2.22. The van der Waals surface area contributed by atoms with E-state index in [0.29, 0.717) is 30.1 Å². The van der Waals surface area contributed by atoms with Crippen LogP contribution in [0.15, 0.2) is 24.3 Å². The van der Waals surface area contributed by atoms with Gasteiger partial charge >= 0.3 is 0 Å². The number of nitriles is 1. The molecule has 1 fully saturated rings. The monoisotopic (exact) mass is 335 g/mol. The van der Waals surface area contributed by atoms with Gasteiger partial charge < -0.3 is 4.90 Å². The summed E-state index contributed by atoms with van der Waals surface area (Å²) in [5.74, 6) is 0.381. The van der Waals surface area contributed by atoms with Crippen molar-refractivity contribution >= 4 is 10.0 Å². The molecule has 6 heteroatoms. The van der Waals surface area contributed by atoms with Crippen LogP contribution in [0.2, 0.25) is 0 Å². The van der Waals surface area contributed by atoms with E-state index in [-0.39, 0.29) is 5.75 Å². The second kappa shape index (κ2) is 7.91. The van der Waals surface area contributed by atoms with Crippen molar-refractivity contribution in [2.45, 2.75) is 25.5 Å². The van der Waals surface area contributed by atoms with E-state index < -0.39 is 10.0 Å². The van der Waals surface area contributed by atoms with Crippen molar-refractivity contribution in [1.29, 1.82) is 5.26 Å². The first kappa shape index (κ1) is 17.9. The predicted molar refractivity (Wildman–Crippen MR) is 91.2 cm³/mol. The molecule has 1 heterocycles. The van der Waals surface area contributed by atoms with E-state index in [9.17, 15) is 8.42 Å². The lowest BCUT2D eigenvalue weighted by molar-refractivity contribution is 0.281. The van der Waals surface area contributed by atoms with Crippen LogP contribution in [0.1, 0.15) is 30.9 Å². The maximum Gasteiger partial charge on any atom is 0.218 e. The van der Waals surface area contributed by atoms with E-state index in [4.69, 9.17) is 5.26 Å². The van der Waals surface area contributed by atoms with Crippen LogP contribution in [-0.2, 0) is 15.8 Å². The summed E-state index contributed by atoms with van der Waals surface area (Å²) in [6, 6.07) is 8.89. The van der Waals surface area contributed by atoms with Gasteiger partial charge in [0.15, 0.2) is 0 Å². The molecule has 1 aromatic carbocycles. The first-order valence-electron chi connectivity index (χ1n) is 8.10. The van der Waals surface area contributed by atoms with E-state index in [0.717, 1.165) is 25.9 Å². The van der Waals surface area contributed by atoms with Crippen molar-refractivity contribution in [3.63, 3.8) is 0 Å². The van der Waals surface area contributed by atoms with Gasteiger partial charge in [0, 0.05) is 19.6 Å². The Balaban J connectivity index is 1.97. The first-order valence-corrected chi connectivity index (χ1v) is 9.71. The summed E-state index contributed by atoms with van der Waals surface area (Å²) in [6.07, 6.45) is 2.03. The Bertz CT molecular complexity index is 667. The van der Waals surface area contributed by atoms with Gasteiger partial charge in [0.2, 0.25) is 10.0 Å². The second-order valence-corrected chi connectivity index (χ2v) is 8.31. The summed E-state index contributed by atoms with van der Waals surface area (Å²) in [7, 11) is -1.22. The van der Waals surface area contributed by atoms with Gasteiger partial charge in [-0.15, -0.1) is 0 Å². The summed E-state index contributed by atoms with van der Waals surface area (Å²) in [4.78, 5) is 2.27. The summed E-state index contributed by atoms with van der Waals surface area (Å²) >= 11 is 0. The Morgan fingerprint density at radius 2 is 2.22 bits per heavy atom. The van der Waals surface area contributed by atoms with Crippen LogP contribution in [0.4, 0.5) is 0 Å². The van der Waals surface area contributed by atoms with Gasteiger partial charge in [0.05, 0.1) is 17.4 Å². The molecule has 0 bridgehead atoms. The molecule has 126 valence electrons. The van der Waals surface area contributed by atoms with Gasteiger partial charge in [0.1, 0.15) is 0 Å². The van der Waals surface area contributed by atoms with Crippen molar-refractivity contribution in [3.05, 3.63) is 35.4 Å². The molecule has 1 aliphatic heterocycles. The van der Waals surface area contributed by atoms with E-state index >= 15 is 0 Å². The molecule has 23 heavy (non-hydrogen) atoms. The van der Waals surface area contributed by atoms with Crippen LogP contribution >= 0.6 is 0 Å². The standard InChI is InChI=1S/C17H25N3O2S/c1-3-8-19(2)12-17-7-9-20(13-17)23(21,22)14-16-6-4-5-15(10-16)11-18/h4-6,10,17H,3,7-9,12-14H2,1-2H3/t17-/m0/s1. The van der Waals surface area contributed by atoms with E-state index in [2.05, 4.69) is 18.9 Å². The molecular weight excluding hydrogens is 310 g/mol. The Kier molecular flexibility index (Phi) is 6.17. The molecule has 0 radical (unpaired) electrons. The number of hydrogen-bond acceptors (Lipinski definition) is 4. The molecule has 0 spiro atoms. The second-order valence-electron chi connectivity index (χ2n) is 6.34. The SMILES string of the molecule is CCCN(C)C[C@@H]1CCN(S(=O)(=O)Cc2cccc(C#N)c2)C1. The average Bonchev–Trinajstić information content (AvgIpc) is 2.96. The summed E-state index contributed by atoms with van der Waals surface area (Å²) in [5, 5.41) is 8.92. The Hall–Kier alpha value is -1.42. The molecule has 0 saturated carbocycles. The summed E-state index contributed by atoms with van der Waals surface area (Å²) < 4.78 is 26.8. The van der Waals surface area contributed by atoms with Crippen molar-refractivity contribution in [3.8, 4) is 6.07 Å². The van der Waals surface area contributed by atoms with Crippen molar-refractivity contribution < 1.29 is 8.42 Å². The number of hydrogen-bond donors (Lipinski definition) is 0. The fraction of sp³-hybridized carbons (Fsp3) is 0.588.